The number of imidazole rings is 1. The molecule has 0 saturated carbocycles. The Labute approximate surface area is 454 Å². The van der Waals surface area contributed by atoms with E-state index in [1.807, 2.05) is 18.8 Å². The average molecular weight is 1160 g/mol. The number of ether oxygens (including phenoxy) is 2. The summed E-state index contributed by atoms with van der Waals surface area (Å²) >= 11 is 4.03. The normalized spacial score (nSPS) is 27.0. The van der Waals surface area contributed by atoms with Crippen LogP contribution in [0.1, 0.15) is 70.4 Å². The van der Waals surface area contributed by atoms with E-state index in [9.17, 15) is 47.6 Å². The number of halogens is 1. The van der Waals surface area contributed by atoms with Gasteiger partial charge in [-0.25, -0.2) is 38.1 Å². The first-order valence-corrected chi connectivity index (χ1v) is 29.3. The van der Waals surface area contributed by atoms with Crippen LogP contribution >= 0.6 is 26.9 Å². The van der Waals surface area contributed by atoms with Crippen molar-refractivity contribution in [1.82, 2.24) is 49.9 Å². The van der Waals surface area contributed by atoms with Gasteiger partial charge >= 0.3 is 26.3 Å². The smallest absolute Gasteiger partial charge is 0.364 e. The molecule has 3 fully saturated rings. The van der Waals surface area contributed by atoms with E-state index in [1.165, 1.54) is 34.3 Å². The highest BCUT2D eigenvalue weighted by atomic mass is 32.7. The number of phosphoric acid groups is 1. The van der Waals surface area contributed by atoms with E-state index < -0.39 is 112 Å². The van der Waals surface area contributed by atoms with Gasteiger partial charge in [0.2, 0.25) is 11.8 Å². The largest absolute Gasteiger partial charge is 0.472 e. The molecule has 3 saturated heterocycles. The number of thiol groups is 1. The maximum absolute atomic E-state index is 15.9. The third kappa shape index (κ3) is 15.2. The van der Waals surface area contributed by atoms with Crippen molar-refractivity contribution < 1.29 is 70.0 Å². The minimum Gasteiger partial charge on any atom is -0.364 e. The fraction of sp³-hybridized carbons (Fsp3) is 0.522. The van der Waals surface area contributed by atoms with E-state index in [0.717, 1.165) is 22.4 Å². The van der Waals surface area contributed by atoms with Gasteiger partial charge < -0.3 is 46.7 Å². The number of carbonyl (C=O) groups excluding carboxylic acids is 5. The van der Waals surface area contributed by atoms with Gasteiger partial charge in [0.1, 0.15) is 43.0 Å². The number of carbonyl (C=O) groups is 5. The molecule has 428 valence electrons. The van der Waals surface area contributed by atoms with Crippen molar-refractivity contribution in [2.45, 2.75) is 114 Å². The summed E-state index contributed by atoms with van der Waals surface area (Å²) in [6.07, 6.45) is -2.20. The van der Waals surface area contributed by atoms with Crippen molar-refractivity contribution in [1.29, 1.82) is 0 Å². The van der Waals surface area contributed by atoms with Gasteiger partial charge in [0.15, 0.2) is 29.4 Å². The SMILES string of the molecule is CC(C)C(NCCCCCN1C(=O)C=CC1=O)C(=O)NC(CCCNC(N)=O)C(=O)Nc1ccc(CNc2ncnc3c2ncn3[C@H]2C[C@@H]3OP(=O)(O)OC[C@H]4O[C@@H](n5ccc(=O)[nH]c5=O)[C@H](F)[C@@H]4OP(=O)(S)OC[C@H]3O2)cc1. The lowest BCUT2D eigenvalue weighted by Crippen LogP contribution is -2.53. The molecule has 4 aromatic rings. The Bertz CT molecular complexity index is 3110. The molecule has 4 aliphatic rings. The maximum atomic E-state index is 15.9. The zero-order valence-electron chi connectivity index (χ0n) is 42.6. The second-order valence-electron chi connectivity index (χ2n) is 19.1. The Morgan fingerprint density at radius 2 is 1.65 bits per heavy atom. The molecule has 33 heteroatoms. The number of hydrogen-bond acceptors (Lipinski definition) is 20. The van der Waals surface area contributed by atoms with Crippen LogP contribution in [0, 0.1) is 5.92 Å². The molecule has 29 nitrogen and oxygen atoms in total. The van der Waals surface area contributed by atoms with E-state index in [-0.39, 0.29) is 49.3 Å². The van der Waals surface area contributed by atoms with Crippen LogP contribution in [0.5, 0.6) is 0 Å². The summed E-state index contributed by atoms with van der Waals surface area (Å²) in [5.74, 6) is -1.37. The molecule has 7 heterocycles. The van der Waals surface area contributed by atoms with Crippen molar-refractivity contribution in [2.24, 2.45) is 11.7 Å². The number of imide groups is 1. The number of nitrogens with one attached hydrogen (secondary N) is 6. The fourth-order valence-corrected chi connectivity index (χ4v) is 11.6. The van der Waals surface area contributed by atoms with Crippen LogP contribution < -0.4 is 43.6 Å². The minimum absolute atomic E-state index is 0.113. The molecule has 1 aromatic carbocycles. The summed E-state index contributed by atoms with van der Waals surface area (Å²) in [5.41, 5.74) is 5.24. The number of aromatic nitrogens is 6. The summed E-state index contributed by atoms with van der Waals surface area (Å²) in [7, 11) is -4.99. The molecule has 0 spiro atoms. The van der Waals surface area contributed by atoms with Gasteiger partial charge in [-0.2, -0.15) is 0 Å². The molecule has 4 aliphatic heterocycles. The summed E-state index contributed by atoms with van der Waals surface area (Å²) in [4.78, 5) is 114. The lowest BCUT2D eigenvalue weighted by atomic mass is 10.0. The summed E-state index contributed by atoms with van der Waals surface area (Å²) < 4.78 is 78.6. The molecule has 79 heavy (non-hydrogen) atoms. The van der Waals surface area contributed by atoms with Crippen molar-refractivity contribution in [3.8, 4) is 0 Å². The van der Waals surface area contributed by atoms with Crippen LogP contribution in [0.4, 0.5) is 20.7 Å². The standard InChI is InChI=1S/C46H60FN13O16P2S/c1-25(2)37(49-15-4-3-5-17-58-33(62)12-13-34(58)63)43(65)56-28(7-6-16-50-45(48)66)42(64)55-27-10-8-26(9-11-27)20-51-40-38-41(53-23-52-40)60(24-54-38)35-19-29-30(73-35)21-72-78(70,79)76-39-31(22-71-77(68,69)75-29)74-44(36(39)47)59-18-14-32(61)57-46(59)67/h8-14,18,23-25,28-31,35-37,39,44,49H,3-7,15-17,19-22H2,1-2H3,(H,55,64)(H,56,65)(H,68,69)(H,70,79)(H3,48,50,66)(H,51,52,53)(H,57,61,67)/t28?,29-,30+,31+,35+,36+,37?,39+,44+,78?/m0/s1. The molecule has 11 atom stereocenters. The molecule has 3 aromatic heterocycles. The van der Waals surface area contributed by atoms with Gasteiger partial charge in [-0.3, -0.25) is 61.1 Å². The lowest BCUT2D eigenvalue weighted by Gasteiger charge is -2.27. The van der Waals surface area contributed by atoms with Crippen molar-refractivity contribution in [3.05, 3.63) is 87.7 Å². The number of H-pyrrole nitrogens is 1. The quantitative estimate of drug-likeness (QED) is 0.0249. The van der Waals surface area contributed by atoms with Gasteiger partial charge in [0.25, 0.3) is 17.4 Å². The first-order valence-electron chi connectivity index (χ1n) is 25.1. The van der Waals surface area contributed by atoms with Gasteiger partial charge in [-0.1, -0.05) is 44.6 Å². The number of benzene rings is 1. The van der Waals surface area contributed by atoms with E-state index in [0.29, 0.717) is 55.8 Å². The van der Waals surface area contributed by atoms with Crippen LogP contribution in [-0.4, -0.2) is 144 Å². The molecule has 0 bridgehead atoms. The first-order chi connectivity index (χ1) is 37.6. The molecule has 6 amide bonds. The topological polar surface area (TPSA) is 383 Å². The number of aromatic amines is 1. The highest BCUT2D eigenvalue weighted by molar-refractivity contribution is 8.44. The molecule has 4 unspecified atom stereocenters. The Morgan fingerprint density at radius 1 is 0.899 bits per heavy atom. The number of nitrogens with two attached hydrogens (primary N) is 1. The zero-order valence-corrected chi connectivity index (χ0v) is 45.3. The number of hydrogen-bond donors (Lipinski definition) is 9. The number of rotatable bonds is 21. The number of amides is 6. The van der Waals surface area contributed by atoms with E-state index >= 15 is 4.39 Å². The van der Waals surface area contributed by atoms with Gasteiger partial charge in [0, 0.05) is 56.2 Å². The predicted molar refractivity (Wildman–Crippen MR) is 280 cm³/mol. The third-order valence-electron chi connectivity index (χ3n) is 13.1. The Balaban J connectivity index is 0.860. The lowest BCUT2D eigenvalue weighted by molar-refractivity contribution is -0.137. The predicted octanol–water partition coefficient (Wildman–Crippen LogP) is 2.05. The van der Waals surface area contributed by atoms with Crippen LogP contribution in [0.3, 0.4) is 0 Å². The number of unbranched alkanes of at least 4 members (excludes halogenated alkanes) is 2. The summed E-state index contributed by atoms with van der Waals surface area (Å²) in [5, 5.41) is 14.7. The van der Waals surface area contributed by atoms with Gasteiger partial charge in [-0.05, 0) is 55.8 Å². The monoisotopic (exact) mass is 1160 g/mol. The Hall–Kier alpha value is -6.24. The summed E-state index contributed by atoms with van der Waals surface area (Å²) in [6.45, 7) is -0.975. The van der Waals surface area contributed by atoms with Crippen LogP contribution in [-0.2, 0) is 62.4 Å². The van der Waals surface area contributed by atoms with Crippen LogP contribution in [0.2, 0.25) is 0 Å². The Kier molecular flexibility index (Phi) is 19.3. The fourth-order valence-electron chi connectivity index (χ4n) is 9.13. The average Bonchev–Trinajstić information content (AvgIpc) is 4.25. The first kappa shape index (κ1) is 58.9. The number of phosphoric ester groups is 1. The number of urea groups is 1. The van der Waals surface area contributed by atoms with Crippen molar-refractivity contribution >= 4 is 79.2 Å². The zero-order chi connectivity index (χ0) is 56.6. The minimum atomic E-state index is -4.99. The molecule has 8 rings (SSSR count). The number of anilines is 2. The molecular weight excluding hydrogens is 1100 g/mol. The van der Waals surface area contributed by atoms with Crippen LogP contribution in [0.15, 0.2) is 70.9 Å². The van der Waals surface area contributed by atoms with Crippen molar-refractivity contribution in [3.63, 3.8) is 0 Å². The molecule has 0 aliphatic carbocycles. The number of nitrogens with zero attached hydrogens (tertiary/aromatic N) is 6. The van der Waals surface area contributed by atoms with Gasteiger partial charge in [0.05, 0.1) is 25.6 Å². The number of primary amides is 1. The van der Waals surface area contributed by atoms with E-state index in [2.05, 4.69) is 53.8 Å². The van der Waals surface area contributed by atoms with E-state index in [1.54, 1.807) is 24.3 Å². The molecular formula is C46H60FN13O16P2S. The highest BCUT2D eigenvalue weighted by Gasteiger charge is 2.52. The van der Waals surface area contributed by atoms with Crippen LogP contribution in [0.25, 0.3) is 11.2 Å². The molecule has 9 N–H and O–H groups in total. The van der Waals surface area contributed by atoms with E-state index in [4.69, 9.17) is 33.3 Å². The number of fused-ring (bicyclic) bond motifs is 3. The Morgan fingerprint density at radius 3 is 2.37 bits per heavy atom. The van der Waals surface area contributed by atoms with Crippen molar-refractivity contribution in [2.75, 3.05) is 43.5 Å². The molecule has 0 radical (unpaired) electrons. The second kappa shape index (κ2) is 25.9. The number of alkyl halides is 1. The summed E-state index contributed by atoms with van der Waals surface area (Å²) in [6, 6.07) is 5.48. The van der Waals surface area contributed by atoms with Gasteiger partial charge in [-0.15, -0.1) is 0 Å². The third-order valence-corrected chi connectivity index (χ3v) is 15.8. The highest BCUT2D eigenvalue weighted by Crippen LogP contribution is 2.58. The second-order valence-corrected chi connectivity index (χ2v) is 23.4. The maximum Gasteiger partial charge on any atom is 0.472 e.